The van der Waals surface area contributed by atoms with Crippen LogP contribution in [-0.4, -0.2) is 88.1 Å². The van der Waals surface area contributed by atoms with Gasteiger partial charge in [-0.15, -0.1) is 0 Å². The second-order valence-electron chi connectivity index (χ2n) is 7.92. The topological polar surface area (TPSA) is 99.6 Å². The fourth-order valence-electron chi connectivity index (χ4n) is 3.95. The number of amides is 1. The largest absolute Gasteiger partial charge is 0.379 e. The molecule has 5 heterocycles. The summed E-state index contributed by atoms with van der Waals surface area (Å²) in [5, 5.41) is 4.10. The van der Waals surface area contributed by atoms with Gasteiger partial charge in [0.1, 0.15) is 16.2 Å². The predicted molar refractivity (Wildman–Crippen MR) is 128 cm³/mol. The molecule has 11 heteroatoms. The first kappa shape index (κ1) is 21.7. The molecule has 10 nitrogen and oxygen atoms in total. The van der Waals surface area contributed by atoms with Gasteiger partial charge in [0.25, 0.3) is 0 Å². The Hall–Kier alpha value is -3.15. The third kappa shape index (κ3) is 5.10. The summed E-state index contributed by atoms with van der Waals surface area (Å²) in [6, 6.07) is 5.81. The molecule has 0 aliphatic carbocycles. The van der Waals surface area contributed by atoms with Gasteiger partial charge in [0.05, 0.1) is 18.9 Å². The van der Waals surface area contributed by atoms with Gasteiger partial charge in [-0.3, -0.25) is 9.69 Å². The molecule has 1 N–H and O–H groups in total. The molecule has 3 aromatic rings. The van der Waals surface area contributed by atoms with Crippen molar-refractivity contribution in [2.24, 2.45) is 0 Å². The number of pyridine rings is 1. The van der Waals surface area contributed by atoms with Crippen LogP contribution in [0.4, 0.5) is 16.9 Å². The Morgan fingerprint density at radius 3 is 2.73 bits per heavy atom. The van der Waals surface area contributed by atoms with Crippen LogP contribution in [0.3, 0.4) is 0 Å². The minimum atomic E-state index is -0.0385. The third-order valence-electron chi connectivity index (χ3n) is 5.71. The Bertz CT molecular complexity index is 1110. The van der Waals surface area contributed by atoms with Crippen molar-refractivity contribution < 1.29 is 9.53 Å². The van der Waals surface area contributed by atoms with Crippen molar-refractivity contribution in [2.45, 2.75) is 6.54 Å². The smallest absolute Gasteiger partial charge is 0.246 e. The number of hydrogen-bond acceptors (Lipinski definition) is 10. The number of piperazine rings is 1. The van der Waals surface area contributed by atoms with Gasteiger partial charge in [-0.1, -0.05) is 17.9 Å². The molecule has 172 valence electrons. The number of nitrogens with zero attached hydrogens (tertiary/aromatic N) is 7. The number of hydrogen-bond donors (Lipinski definition) is 1. The number of carbonyl (C=O) groups excluding carboxylic acids is 1. The highest BCUT2D eigenvalue weighted by molar-refractivity contribution is 7.21. The van der Waals surface area contributed by atoms with E-state index in [1.807, 2.05) is 18.2 Å². The number of nitrogens with one attached hydrogen (secondary N) is 1. The molecule has 33 heavy (non-hydrogen) atoms. The van der Waals surface area contributed by atoms with E-state index in [2.05, 4.69) is 31.7 Å². The Kier molecular flexibility index (Phi) is 6.42. The van der Waals surface area contributed by atoms with Crippen molar-refractivity contribution in [1.82, 2.24) is 29.7 Å². The number of rotatable bonds is 6. The molecule has 3 aromatic heterocycles. The molecule has 0 unspecified atom stereocenters. The van der Waals surface area contributed by atoms with E-state index in [4.69, 9.17) is 14.7 Å². The van der Waals surface area contributed by atoms with Gasteiger partial charge in [-0.2, -0.15) is 4.98 Å². The van der Waals surface area contributed by atoms with Gasteiger partial charge in [-0.05, 0) is 18.2 Å². The first-order valence-corrected chi connectivity index (χ1v) is 11.8. The Balaban J connectivity index is 1.39. The van der Waals surface area contributed by atoms with Crippen molar-refractivity contribution >= 4 is 44.5 Å². The fourth-order valence-corrected chi connectivity index (χ4v) is 4.76. The van der Waals surface area contributed by atoms with Gasteiger partial charge in [0.15, 0.2) is 5.13 Å². The summed E-state index contributed by atoms with van der Waals surface area (Å²) in [7, 11) is 0. The van der Waals surface area contributed by atoms with Crippen LogP contribution >= 0.6 is 11.3 Å². The molecular formula is C22H26N8O2S. The highest BCUT2D eigenvalue weighted by atomic mass is 32.1. The van der Waals surface area contributed by atoms with Gasteiger partial charge in [0.2, 0.25) is 11.9 Å². The van der Waals surface area contributed by atoms with Gasteiger partial charge in [-0.25, -0.2) is 15.0 Å². The molecular weight excluding hydrogens is 440 g/mol. The zero-order valence-electron chi connectivity index (χ0n) is 18.3. The number of ether oxygens (including phenoxy) is 1. The Morgan fingerprint density at radius 1 is 1.15 bits per heavy atom. The standard InChI is InChI=1S/C22H26N8O2S/c1-2-19(31)29-6-8-30(9-7-29)21-24-16(15-28-10-12-32-13-11-28)14-18(26-21)27-22-25-17-4-3-5-23-20(17)33-22/h2-5,14H,1,6-13,15H2,(H,24,25,26,27). The van der Waals surface area contributed by atoms with Crippen molar-refractivity contribution in [3.8, 4) is 0 Å². The molecule has 0 spiro atoms. The van der Waals surface area contributed by atoms with Gasteiger partial charge < -0.3 is 19.9 Å². The van der Waals surface area contributed by atoms with Crippen molar-refractivity contribution in [2.75, 3.05) is 62.7 Å². The van der Waals surface area contributed by atoms with E-state index < -0.39 is 0 Å². The van der Waals surface area contributed by atoms with Crippen LogP contribution in [0.2, 0.25) is 0 Å². The minimum absolute atomic E-state index is 0.0385. The van der Waals surface area contributed by atoms with Crippen LogP contribution in [0.1, 0.15) is 5.69 Å². The maximum Gasteiger partial charge on any atom is 0.246 e. The number of fused-ring (bicyclic) bond motifs is 1. The summed E-state index contributed by atoms with van der Waals surface area (Å²) in [6.07, 6.45) is 3.13. The van der Waals surface area contributed by atoms with Crippen molar-refractivity contribution in [1.29, 1.82) is 0 Å². The zero-order chi connectivity index (χ0) is 22.6. The van der Waals surface area contributed by atoms with E-state index in [0.717, 1.165) is 54.0 Å². The Labute approximate surface area is 195 Å². The molecule has 2 aliphatic rings. The van der Waals surface area contributed by atoms with E-state index in [9.17, 15) is 4.79 Å². The molecule has 0 radical (unpaired) electrons. The summed E-state index contributed by atoms with van der Waals surface area (Å²) in [5.74, 6) is 1.32. The first-order chi connectivity index (χ1) is 16.2. The van der Waals surface area contributed by atoms with Crippen LogP contribution in [-0.2, 0) is 16.1 Å². The van der Waals surface area contributed by atoms with E-state index in [-0.39, 0.29) is 5.91 Å². The Morgan fingerprint density at radius 2 is 1.97 bits per heavy atom. The molecule has 0 saturated carbocycles. The molecule has 1 amide bonds. The normalized spacial score (nSPS) is 17.3. The lowest BCUT2D eigenvalue weighted by molar-refractivity contribution is -0.126. The van der Waals surface area contributed by atoms with Crippen molar-refractivity contribution in [3.05, 3.63) is 42.7 Å². The van der Waals surface area contributed by atoms with Crippen LogP contribution in [0.25, 0.3) is 10.3 Å². The van der Waals surface area contributed by atoms with Crippen LogP contribution in [0, 0.1) is 0 Å². The third-order valence-corrected chi connectivity index (χ3v) is 6.60. The summed E-state index contributed by atoms with van der Waals surface area (Å²) < 4.78 is 5.48. The monoisotopic (exact) mass is 466 g/mol. The lowest BCUT2D eigenvalue weighted by Crippen LogP contribution is -2.49. The summed E-state index contributed by atoms with van der Waals surface area (Å²) in [4.78, 5) is 37.7. The van der Waals surface area contributed by atoms with Crippen LogP contribution < -0.4 is 10.2 Å². The lowest BCUT2D eigenvalue weighted by atomic mass is 10.3. The summed E-state index contributed by atoms with van der Waals surface area (Å²) in [6.45, 7) is 10.1. The average Bonchev–Trinajstić information content (AvgIpc) is 3.26. The lowest BCUT2D eigenvalue weighted by Gasteiger charge is -2.34. The van der Waals surface area contributed by atoms with Crippen LogP contribution in [0.5, 0.6) is 0 Å². The number of carbonyl (C=O) groups is 1. The van der Waals surface area contributed by atoms with Crippen molar-refractivity contribution in [3.63, 3.8) is 0 Å². The van der Waals surface area contributed by atoms with Gasteiger partial charge >= 0.3 is 0 Å². The molecule has 2 fully saturated rings. The predicted octanol–water partition coefficient (Wildman–Crippen LogP) is 1.89. The molecule has 0 aromatic carbocycles. The summed E-state index contributed by atoms with van der Waals surface area (Å²) in [5.41, 5.74) is 1.80. The van der Waals surface area contributed by atoms with E-state index in [1.54, 1.807) is 11.1 Å². The number of anilines is 3. The minimum Gasteiger partial charge on any atom is -0.379 e. The second kappa shape index (κ2) is 9.77. The molecule has 2 aliphatic heterocycles. The van der Waals surface area contributed by atoms with Gasteiger partial charge in [0, 0.05) is 58.1 Å². The number of thiazole rings is 1. The highest BCUT2D eigenvalue weighted by Crippen LogP contribution is 2.27. The van der Waals surface area contributed by atoms with E-state index in [0.29, 0.717) is 37.9 Å². The molecule has 0 atom stereocenters. The molecule has 0 bridgehead atoms. The first-order valence-electron chi connectivity index (χ1n) is 11.0. The van der Waals surface area contributed by atoms with E-state index >= 15 is 0 Å². The maximum absolute atomic E-state index is 11.9. The van der Waals surface area contributed by atoms with Crippen LogP contribution in [0.15, 0.2) is 37.1 Å². The number of morpholine rings is 1. The summed E-state index contributed by atoms with van der Waals surface area (Å²) >= 11 is 1.49. The fraction of sp³-hybridized carbons (Fsp3) is 0.409. The molecule has 2 saturated heterocycles. The second-order valence-corrected chi connectivity index (χ2v) is 8.90. The maximum atomic E-state index is 11.9. The molecule has 5 rings (SSSR count). The SMILES string of the molecule is C=CC(=O)N1CCN(c2nc(CN3CCOCC3)cc(Nc3nc4cccnc4s3)n2)CC1. The zero-order valence-corrected chi connectivity index (χ0v) is 19.1. The quantitative estimate of drug-likeness (QED) is 0.546. The average molecular weight is 467 g/mol. The number of aromatic nitrogens is 4. The highest BCUT2D eigenvalue weighted by Gasteiger charge is 2.23. The van der Waals surface area contributed by atoms with E-state index in [1.165, 1.54) is 17.4 Å².